The second-order valence-corrected chi connectivity index (χ2v) is 6.70. The number of methoxy groups -OCH3 is 1. The maximum atomic E-state index is 5.28. The highest BCUT2D eigenvalue weighted by atomic mass is 32.1. The molecule has 4 heterocycles. The fourth-order valence-electron chi connectivity index (χ4n) is 3.22. The van der Waals surface area contributed by atoms with Crippen molar-refractivity contribution in [3.05, 3.63) is 41.9 Å². The van der Waals surface area contributed by atoms with E-state index < -0.39 is 0 Å². The Balaban J connectivity index is 1.74. The lowest BCUT2D eigenvalue weighted by molar-refractivity contribution is 0.398. The van der Waals surface area contributed by atoms with Crippen LogP contribution in [0.3, 0.4) is 0 Å². The number of nitrogens with one attached hydrogen (secondary N) is 1. The Bertz CT molecular complexity index is 1080. The van der Waals surface area contributed by atoms with Gasteiger partial charge in [0.1, 0.15) is 5.69 Å². The maximum Gasteiger partial charge on any atom is 0.213 e. The van der Waals surface area contributed by atoms with Crippen molar-refractivity contribution in [1.82, 2.24) is 19.5 Å². The quantitative estimate of drug-likeness (QED) is 0.611. The number of benzene rings is 1. The van der Waals surface area contributed by atoms with Crippen LogP contribution in [0, 0.1) is 0 Å². The molecule has 1 N–H and O–H groups in total. The van der Waals surface area contributed by atoms with Gasteiger partial charge in [0.2, 0.25) is 11.8 Å². The van der Waals surface area contributed by atoms with Crippen LogP contribution in [-0.2, 0) is 6.54 Å². The molecule has 124 valence electrons. The summed E-state index contributed by atoms with van der Waals surface area (Å²) in [5.41, 5.74) is 6.78. The van der Waals surface area contributed by atoms with E-state index in [9.17, 15) is 0 Å². The zero-order valence-electron chi connectivity index (χ0n) is 13.6. The Morgan fingerprint density at radius 3 is 3.08 bits per heavy atom. The van der Waals surface area contributed by atoms with Crippen LogP contribution in [-0.4, -0.2) is 33.2 Å². The van der Waals surface area contributed by atoms with Gasteiger partial charge in [-0.25, -0.2) is 15.0 Å². The third-order valence-corrected chi connectivity index (χ3v) is 5.16. The Morgan fingerprint density at radius 2 is 2.16 bits per heavy atom. The molecule has 25 heavy (non-hydrogen) atoms. The molecule has 0 spiro atoms. The van der Waals surface area contributed by atoms with Gasteiger partial charge in [-0.2, -0.15) is 0 Å². The molecule has 4 aromatic rings. The van der Waals surface area contributed by atoms with E-state index in [0.29, 0.717) is 5.88 Å². The number of anilines is 1. The van der Waals surface area contributed by atoms with Crippen molar-refractivity contribution >= 4 is 27.5 Å². The normalized spacial score (nSPS) is 13.0. The van der Waals surface area contributed by atoms with Gasteiger partial charge in [0, 0.05) is 24.7 Å². The molecule has 1 aliphatic rings. The molecule has 3 aromatic heterocycles. The minimum atomic E-state index is 0.586. The Morgan fingerprint density at radius 1 is 1.20 bits per heavy atom. The molecule has 0 saturated carbocycles. The highest BCUT2D eigenvalue weighted by molar-refractivity contribution is 7.16. The van der Waals surface area contributed by atoms with Crippen molar-refractivity contribution in [3.63, 3.8) is 0 Å². The molecule has 6 nitrogen and oxygen atoms in total. The molecular weight excluding hydrogens is 334 g/mol. The van der Waals surface area contributed by atoms with Crippen molar-refractivity contribution in [3.8, 4) is 28.5 Å². The summed E-state index contributed by atoms with van der Waals surface area (Å²) in [6.07, 6.45) is 0. The second-order valence-electron chi connectivity index (χ2n) is 5.81. The summed E-state index contributed by atoms with van der Waals surface area (Å²) in [5.74, 6) is 1.47. The first kappa shape index (κ1) is 14.4. The largest absolute Gasteiger partial charge is 0.481 e. The number of pyridine rings is 1. The minimum absolute atomic E-state index is 0.586. The van der Waals surface area contributed by atoms with Crippen LogP contribution in [0.1, 0.15) is 0 Å². The van der Waals surface area contributed by atoms with Crippen molar-refractivity contribution in [2.45, 2.75) is 6.54 Å². The van der Waals surface area contributed by atoms with Crippen LogP contribution in [0.4, 0.5) is 5.95 Å². The van der Waals surface area contributed by atoms with Crippen molar-refractivity contribution < 1.29 is 4.74 Å². The molecule has 7 heteroatoms. The number of ether oxygens (including phenoxy) is 1. The van der Waals surface area contributed by atoms with Gasteiger partial charge in [0.15, 0.2) is 0 Å². The molecule has 5 rings (SSSR count). The Labute approximate surface area is 148 Å². The Kier molecular flexibility index (Phi) is 3.21. The van der Waals surface area contributed by atoms with E-state index in [0.717, 1.165) is 47.2 Å². The monoisotopic (exact) mass is 349 g/mol. The summed E-state index contributed by atoms with van der Waals surface area (Å²) in [6, 6.07) is 12.1. The second kappa shape index (κ2) is 5.56. The van der Waals surface area contributed by atoms with Crippen LogP contribution >= 0.6 is 11.3 Å². The molecular formula is C18H15N5OS. The zero-order valence-corrected chi connectivity index (χ0v) is 14.4. The van der Waals surface area contributed by atoms with Gasteiger partial charge in [-0.1, -0.05) is 12.1 Å². The summed E-state index contributed by atoms with van der Waals surface area (Å²) in [5, 5.41) is 3.34. The zero-order chi connectivity index (χ0) is 16.8. The van der Waals surface area contributed by atoms with Gasteiger partial charge in [0.05, 0.1) is 34.2 Å². The minimum Gasteiger partial charge on any atom is -0.481 e. The van der Waals surface area contributed by atoms with Gasteiger partial charge in [0.25, 0.3) is 0 Å². The van der Waals surface area contributed by atoms with Crippen LogP contribution in [0.25, 0.3) is 32.9 Å². The highest BCUT2D eigenvalue weighted by Gasteiger charge is 2.24. The lowest BCUT2D eigenvalue weighted by atomic mass is 10.1. The summed E-state index contributed by atoms with van der Waals surface area (Å²) in [6.45, 7) is 1.78. The molecule has 0 bridgehead atoms. The number of rotatable bonds is 3. The predicted molar refractivity (Wildman–Crippen MR) is 99.1 cm³/mol. The van der Waals surface area contributed by atoms with Crippen molar-refractivity contribution in [2.24, 2.45) is 0 Å². The third kappa shape index (κ3) is 2.27. The summed E-state index contributed by atoms with van der Waals surface area (Å²) in [7, 11) is 1.62. The first-order valence-electron chi connectivity index (χ1n) is 8.03. The van der Waals surface area contributed by atoms with Gasteiger partial charge in [-0.3, -0.25) is 0 Å². The Hall–Kier alpha value is -2.93. The van der Waals surface area contributed by atoms with Crippen LogP contribution in [0.15, 0.2) is 41.9 Å². The molecule has 0 amide bonds. The van der Waals surface area contributed by atoms with E-state index in [4.69, 9.17) is 9.72 Å². The lowest BCUT2D eigenvalue weighted by Crippen LogP contribution is -1.99. The van der Waals surface area contributed by atoms with Crippen LogP contribution in [0.2, 0.25) is 0 Å². The summed E-state index contributed by atoms with van der Waals surface area (Å²) >= 11 is 1.65. The van der Waals surface area contributed by atoms with E-state index >= 15 is 0 Å². The molecule has 1 aliphatic heterocycles. The molecule has 0 unspecified atom stereocenters. The average molecular weight is 349 g/mol. The summed E-state index contributed by atoms with van der Waals surface area (Å²) < 4.78 is 8.67. The predicted octanol–water partition coefficient (Wildman–Crippen LogP) is 3.66. The topological polar surface area (TPSA) is 64.9 Å². The molecule has 1 aromatic carbocycles. The first-order chi connectivity index (χ1) is 12.3. The molecule has 0 saturated heterocycles. The van der Waals surface area contributed by atoms with Gasteiger partial charge >= 0.3 is 0 Å². The molecule has 0 atom stereocenters. The fraction of sp³-hybridized carbons (Fsp3) is 0.167. The van der Waals surface area contributed by atoms with Crippen molar-refractivity contribution in [1.29, 1.82) is 0 Å². The van der Waals surface area contributed by atoms with Crippen LogP contribution in [0.5, 0.6) is 5.88 Å². The fourth-order valence-corrected chi connectivity index (χ4v) is 3.94. The molecule has 0 radical (unpaired) electrons. The number of thiazole rings is 1. The van der Waals surface area contributed by atoms with E-state index in [1.807, 2.05) is 23.7 Å². The van der Waals surface area contributed by atoms with Gasteiger partial charge in [-0.05, 0) is 18.2 Å². The number of hydrogen-bond acceptors (Lipinski definition) is 6. The van der Waals surface area contributed by atoms with E-state index in [1.165, 1.54) is 4.70 Å². The van der Waals surface area contributed by atoms with Gasteiger partial charge < -0.3 is 14.6 Å². The number of fused-ring (bicyclic) bond motifs is 2. The maximum absolute atomic E-state index is 5.28. The highest BCUT2D eigenvalue weighted by Crippen LogP contribution is 2.37. The number of imidazole rings is 1. The van der Waals surface area contributed by atoms with E-state index in [-0.39, 0.29) is 0 Å². The van der Waals surface area contributed by atoms with E-state index in [2.05, 4.69) is 38.1 Å². The first-order valence-corrected chi connectivity index (χ1v) is 8.91. The van der Waals surface area contributed by atoms with E-state index in [1.54, 1.807) is 18.4 Å². The van der Waals surface area contributed by atoms with Crippen LogP contribution < -0.4 is 10.1 Å². The van der Waals surface area contributed by atoms with Crippen molar-refractivity contribution in [2.75, 3.05) is 19.0 Å². The number of hydrogen-bond donors (Lipinski definition) is 1. The summed E-state index contributed by atoms with van der Waals surface area (Å²) in [4.78, 5) is 13.8. The standard InChI is InChI=1S/C18H15N5OS/c1-24-15-4-2-3-13(21-15)16-17(23-8-7-19-18(23)22-16)11-5-6-12-14(9-11)25-10-20-12/h2-6,9-10H,7-8H2,1H3,(H,19,22). The smallest absolute Gasteiger partial charge is 0.213 e. The lowest BCUT2D eigenvalue weighted by Gasteiger charge is -2.08. The number of aromatic nitrogens is 4. The SMILES string of the molecule is COc1cccc(-c2nc3n(c2-c2ccc4ncsc4c2)CCN3)n1. The average Bonchev–Trinajstić information content (AvgIpc) is 3.36. The molecule has 0 fully saturated rings. The number of nitrogens with zero attached hydrogens (tertiary/aromatic N) is 4. The third-order valence-electron chi connectivity index (χ3n) is 4.37. The molecule has 0 aliphatic carbocycles. The van der Waals surface area contributed by atoms with Gasteiger partial charge in [-0.15, -0.1) is 11.3 Å².